The lowest BCUT2D eigenvalue weighted by Crippen LogP contribution is -2.74. The van der Waals surface area contributed by atoms with Crippen LogP contribution in [-0.2, 0) is 26.1 Å². The van der Waals surface area contributed by atoms with Crippen LogP contribution in [0.2, 0.25) is 0 Å². The number of carbonyl (C=O) groups is 2. The monoisotopic (exact) mass is 665 g/mol. The van der Waals surface area contributed by atoms with Gasteiger partial charge in [0.25, 0.3) is 0 Å². The summed E-state index contributed by atoms with van der Waals surface area (Å²) in [5.41, 5.74) is -0.708. The first kappa shape index (κ1) is 36.4. The highest BCUT2D eigenvalue weighted by atomic mass is 16.7. The molecule has 1 aromatic carbocycles. The third kappa shape index (κ3) is 7.80. The van der Waals surface area contributed by atoms with Gasteiger partial charge in [0, 0.05) is 24.4 Å². The molecule has 5 rings (SSSR count). The Labute approximate surface area is 288 Å². The van der Waals surface area contributed by atoms with Gasteiger partial charge in [-0.15, -0.1) is 0 Å². The minimum Gasteiger partial charge on any atom is -0.477 e. The van der Waals surface area contributed by atoms with Crippen molar-refractivity contribution in [3.8, 4) is 11.5 Å². The van der Waals surface area contributed by atoms with E-state index in [-0.39, 0.29) is 17.8 Å². The Morgan fingerprint density at radius 2 is 1.65 bits per heavy atom. The molecule has 2 bridgehead atoms. The maximum absolute atomic E-state index is 13.1. The number of esters is 1. The summed E-state index contributed by atoms with van der Waals surface area (Å²) in [5, 5.41) is 12.5. The van der Waals surface area contributed by atoms with Crippen LogP contribution in [0.15, 0.2) is 36.1 Å². The summed E-state index contributed by atoms with van der Waals surface area (Å²) < 4.78 is 23.8. The Kier molecular flexibility index (Phi) is 12.0. The average Bonchev–Trinajstić information content (AvgIpc) is 3.38. The number of carbonyl (C=O) groups excluding carboxylic acids is 2. The SMILES string of the molecule is CCCCCCCC/C=C\CCCCCCCC(=O)OC1=CC[C@@]2(O)[C@@H]3Cc4ccc(OC(=O)OC(C)(C)C)c5c4[C@@]2(CCN3C)[C@H]1O5. The smallest absolute Gasteiger partial charge is 0.477 e. The van der Waals surface area contributed by atoms with Crippen LogP contribution in [0, 0.1) is 0 Å². The third-order valence-electron chi connectivity index (χ3n) is 10.8. The van der Waals surface area contributed by atoms with Crippen molar-refractivity contribution in [3.05, 3.63) is 47.2 Å². The van der Waals surface area contributed by atoms with E-state index in [2.05, 4.69) is 31.0 Å². The summed E-state index contributed by atoms with van der Waals surface area (Å²) >= 11 is 0. The van der Waals surface area contributed by atoms with Gasteiger partial charge in [-0.1, -0.05) is 76.5 Å². The zero-order valence-corrected chi connectivity index (χ0v) is 30.1. The molecular formula is C40H59NO7. The van der Waals surface area contributed by atoms with Crippen molar-refractivity contribution in [2.24, 2.45) is 0 Å². The second-order valence-corrected chi connectivity index (χ2v) is 15.5. The third-order valence-corrected chi connectivity index (χ3v) is 10.8. The molecule has 0 unspecified atom stereocenters. The fraction of sp³-hybridized carbons (Fsp3) is 0.700. The molecule has 8 heteroatoms. The molecule has 4 aliphatic rings. The molecule has 0 amide bonds. The molecule has 0 saturated carbocycles. The number of likely N-dealkylation sites (tertiary alicyclic amines) is 1. The van der Waals surface area contributed by atoms with Gasteiger partial charge in [0.05, 0.1) is 11.0 Å². The fourth-order valence-electron chi connectivity index (χ4n) is 8.39. The molecule has 266 valence electrons. The first-order valence-corrected chi connectivity index (χ1v) is 18.7. The molecule has 1 saturated heterocycles. The molecule has 0 radical (unpaired) electrons. The fourth-order valence-corrected chi connectivity index (χ4v) is 8.39. The van der Waals surface area contributed by atoms with Crippen LogP contribution in [0.5, 0.6) is 11.5 Å². The summed E-state index contributed by atoms with van der Waals surface area (Å²) in [6.07, 6.45) is 22.6. The first-order chi connectivity index (χ1) is 23.0. The van der Waals surface area contributed by atoms with E-state index < -0.39 is 28.9 Å². The lowest BCUT2D eigenvalue weighted by atomic mass is 9.50. The van der Waals surface area contributed by atoms with Crippen molar-refractivity contribution < 1.29 is 33.6 Å². The maximum atomic E-state index is 13.1. The van der Waals surface area contributed by atoms with Gasteiger partial charge >= 0.3 is 12.1 Å². The number of unbranched alkanes of at least 4 members (excludes halogenated alkanes) is 11. The van der Waals surface area contributed by atoms with E-state index in [4.69, 9.17) is 18.9 Å². The average molecular weight is 666 g/mol. The van der Waals surface area contributed by atoms with Gasteiger partial charge in [-0.25, -0.2) is 4.79 Å². The number of piperidine rings is 1. The molecule has 1 fully saturated rings. The summed E-state index contributed by atoms with van der Waals surface area (Å²) in [6, 6.07) is 3.60. The Hall–Kier alpha value is -2.84. The van der Waals surface area contributed by atoms with Gasteiger partial charge in [0.2, 0.25) is 0 Å². The second kappa shape index (κ2) is 15.8. The van der Waals surface area contributed by atoms with E-state index in [1.165, 1.54) is 57.8 Å². The topological polar surface area (TPSA) is 94.5 Å². The maximum Gasteiger partial charge on any atom is 0.514 e. The van der Waals surface area contributed by atoms with Crippen molar-refractivity contribution in [2.45, 2.75) is 166 Å². The van der Waals surface area contributed by atoms with Gasteiger partial charge in [-0.3, -0.25) is 4.79 Å². The number of hydrogen-bond donors (Lipinski definition) is 1. The summed E-state index contributed by atoms with van der Waals surface area (Å²) in [5.74, 6) is 0.871. The Bertz CT molecular complexity index is 1350. The van der Waals surface area contributed by atoms with Crippen molar-refractivity contribution in [1.82, 2.24) is 4.90 Å². The summed E-state index contributed by atoms with van der Waals surface area (Å²) in [7, 11) is 2.06. The van der Waals surface area contributed by atoms with Gasteiger partial charge in [-0.05, 0) is 97.0 Å². The standard InChI is InChI=1S/C40H59NO7/c1-6-7-8-9-10-11-12-13-14-15-16-17-18-19-20-21-33(42)45-31-24-25-40(44)32-28-29-22-23-30(46-37(43)48-38(2,3)4)35-34(29)39(40,36(31)47-35)26-27-41(32)5/h13-14,22-24,32,36,44H,6-12,15-21,25-28H2,1-5H3/b14-13-/t32-,36-,39-,40+/m0/s1. The van der Waals surface area contributed by atoms with Crippen molar-refractivity contribution in [1.29, 1.82) is 0 Å². The number of likely N-dealkylation sites (N-methyl/N-ethyl adjacent to an activating group) is 1. The van der Waals surface area contributed by atoms with Crippen LogP contribution in [-0.4, -0.2) is 59.1 Å². The van der Waals surface area contributed by atoms with E-state index in [9.17, 15) is 14.7 Å². The molecule has 2 aliphatic carbocycles. The molecule has 48 heavy (non-hydrogen) atoms. The van der Waals surface area contributed by atoms with E-state index >= 15 is 0 Å². The van der Waals surface area contributed by atoms with Gasteiger partial charge in [-0.2, -0.15) is 0 Å². The van der Waals surface area contributed by atoms with E-state index in [1.54, 1.807) is 26.8 Å². The quantitative estimate of drug-likeness (QED) is 0.0763. The second-order valence-electron chi connectivity index (χ2n) is 15.5. The lowest BCUT2D eigenvalue weighted by Gasteiger charge is -2.61. The molecule has 0 aromatic heterocycles. The Morgan fingerprint density at radius 1 is 0.979 bits per heavy atom. The van der Waals surface area contributed by atoms with Crippen molar-refractivity contribution >= 4 is 12.1 Å². The summed E-state index contributed by atoms with van der Waals surface area (Å²) in [4.78, 5) is 28.0. The van der Waals surface area contributed by atoms with Crippen LogP contribution >= 0.6 is 0 Å². The molecule has 2 heterocycles. The highest BCUT2D eigenvalue weighted by molar-refractivity contribution is 5.73. The number of rotatable bonds is 17. The Morgan fingerprint density at radius 3 is 2.33 bits per heavy atom. The van der Waals surface area contributed by atoms with E-state index in [0.717, 1.165) is 43.4 Å². The van der Waals surface area contributed by atoms with Crippen LogP contribution in [0.1, 0.15) is 142 Å². The minimum atomic E-state index is -1.12. The number of allylic oxidation sites excluding steroid dienone is 2. The highest BCUT2D eigenvalue weighted by Gasteiger charge is 2.72. The molecule has 4 atom stereocenters. The number of ether oxygens (including phenoxy) is 4. The molecule has 8 nitrogen and oxygen atoms in total. The van der Waals surface area contributed by atoms with Crippen LogP contribution in [0.3, 0.4) is 0 Å². The number of aliphatic hydroxyl groups is 1. The summed E-state index contributed by atoms with van der Waals surface area (Å²) in [6.45, 7) is 8.37. The van der Waals surface area contributed by atoms with Gasteiger partial charge in [0.1, 0.15) is 11.4 Å². The number of nitrogens with zero attached hydrogens (tertiary/aromatic N) is 1. The van der Waals surface area contributed by atoms with Crippen molar-refractivity contribution in [2.75, 3.05) is 13.6 Å². The molecular weight excluding hydrogens is 606 g/mol. The Balaban J connectivity index is 1.14. The molecule has 1 aromatic rings. The van der Waals surface area contributed by atoms with Gasteiger partial charge in [0.15, 0.2) is 17.6 Å². The normalized spacial score (nSPS) is 25.8. The lowest BCUT2D eigenvalue weighted by molar-refractivity contribution is -0.169. The van der Waals surface area contributed by atoms with Crippen molar-refractivity contribution in [3.63, 3.8) is 0 Å². The first-order valence-electron chi connectivity index (χ1n) is 18.7. The largest absolute Gasteiger partial charge is 0.514 e. The molecule has 1 N–H and O–H groups in total. The van der Waals surface area contributed by atoms with Crippen LogP contribution in [0.4, 0.5) is 4.79 Å². The van der Waals surface area contributed by atoms with E-state index in [0.29, 0.717) is 37.2 Å². The predicted molar refractivity (Wildman–Crippen MR) is 187 cm³/mol. The molecule has 1 spiro atoms. The highest BCUT2D eigenvalue weighted by Crippen LogP contribution is 2.65. The number of benzene rings is 1. The van der Waals surface area contributed by atoms with Crippen LogP contribution in [0.25, 0.3) is 0 Å². The van der Waals surface area contributed by atoms with Crippen LogP contribution < -0.4 is 9.47 Å². The minimum absolute atomic E-state index is 0.113. The zero-order valence-electron chi connectivity index (χ0n) is 30.1. The van der Waals surface area contributed by atoms with E-state index in [1.807, 2.05) is 12.1 Å². The molecule has 2 aliphatic heterocycles. The van der Waals surface area contributed by atoms with Gasteiger partial charge < -0.3 is 29.0 Å². The zero-order chi connectivity index (χ0) is 34.4. The number of hydrogen-bond acceptors (Lipinski definition) is 8. The predicted octanol–water partition coefficient (Wildman–Crippen LogP) is 8.86.